The molecule has 0 radical (unpaired) electrons. The topological polar surface area (TPSA) is 79.2 Å². The Morgan fingerprint density at radius 3 is 2.72 bits per heavy atom. The van der Waals surface area contributed by atoms with Gasteiger partial charge < -0.3 is 0 Å². The second kappa shape index (κ2) is 4.79. The molecule has 1 N–H and O–H groups in total. The second-order valence-electron chi connectivity index (χ2n) is 3.50. The highest BCUT2D eigenvalue weighted by atomic mass is 32.2. The third kappa shape index (κ3) is 2.52. The molecule has 1 heterocycles. The van der Waals surface area contributed by atoms with Crippen molar-refractivity contribution in [3.63, 3.8) is 0 Å². The van der Waals surface area contributed by atoms with Crippen molar-refractivity contribution in [1.82, 2.24) is 5.16 Å². The highest BCUT2D eigenvalue weighted by Gasteiger charge is 2.20. The van der Waals surface area contributed by atoms with Crippen molar-refractivity contribution in [2.45, 2.75) is 18.2 Å². The highest BCUT2D eigenvalue weighted by Crippen LogP contribution is 2.27. The molecule has 2 rings (SSSR count). The Morgan fingerprint density at radius 2 is 2.17 bits per heavy atom. The minimum Gasteiger partial charge on any atom is -0.282 e. The largest absolute Gasteiger partial charge is 0.321 e. The minimum absolute atomic E-state index is 0.157. The number of nitrogens with zero attached hydrogens (tertiary/aromatic N) is 1. The molecule has 0 atom stereocenters. The Kier molecular flexibility index (Phi) is 3.35. The predicted molar refractivity (Wildman–Crippen MR) is 62.8 cm³/mol. The molecule has 0 saturated carbocycles. The van der Waals surface area contributed by atoms with Crippen LogP contribution in [0.5, 0.6) is 5.75 Å². The van der Waals surface area contributed by atoms with Gasteiger partial charge in [-0.3, -0.25) is 4.55 Å². The van der Waals surface area contributed by atoms with E-state index in [1.54, 1.807) is 19.1 Å². The van der Waals surface area contributed by atoms with Gasteiger partial charge in [0.2, 0.25) is 5.75 Å². The van der Waals surface area contributed by atoms with Gasteiger partial charge in [0.1, 0.15) is 16.2 Å². The molecule has 0 aliphatic rings. The van der Waals surface area contributed by atoms with Crippen molar-refractivity contribution in [1.29, 1.82) is 0 Å². The van der Waals surface area contributed by atoms with Crippen LogP contribution in [0, 0.1) is 0 Å². The van der Waals surface area contributed by atoms with E-state index in [1.807, 2.05) is 4.30 Å². The minimum atomic E-state index is -4.27. The van der Waals surface area contributed by atoms with Crippen LogP contribution >= 0.6 is 0 Å². The normalized spacial score (nSPS) is 11.4. The first-order valence-corrected chi connectivity index (χ1v) is 6.68. The summed E-state index contributed by atoms with van der Waals surface area (Å²) in [6.45, 7) is 1.77. The summed E-state index contributed by atoms with van der Waals surface area (Å²) in [6.07, 6.45) is 3.40. The Bertz CT molecular complexity index is 633. The monoisotopic (exact) mass is 270 g/mol. The summed E-state index contributed by atoms with van der Waals surface area (Å²) in [5.41, 5.74) is 0.392. The average molecular weight is 270 g/mol. The lowest BCUT2D eigenvalue weighted by Crippen LogP contribution is -2.05. The van der Waals surface area contributed by atoms with E-state index in [4.69, 9.17) is 9.44 Å². The summed E-state index contributed by atoms with van der Waals surface area (Å²) >= 11 is 0. The van der Waals surface area contributed by atoms with Gasteiger partial charge in [0.15, 0.2) is 0 Å². The van der Waals surface area contributed by atoms with Crippen molar-refractivity contribution in [3.8, 4) is 5.75 Å². The van der Waals surface area contributed by atoms with Crippen LogP contribution in [0.3, 0.4) is 0 Å². The Morgan fingerprint density at radius 1 is 1.39 bits per heavy atom. The van der Waals surface area contributed by atoms with Gasteiger partial charge in [0.25, 0.3) is 10.1 Å². The van der Waals surface area contributed by atoms with E-state index >= 15 is 0 Å². The maximum atomic E-state index is 11.2. The van der Waals surface area contributed by atoms with Crippen LogP contribution in [0.15, 0.2) is 45.9 Å². The zero-order valence-electron chi connectivity index (χ0n) is 9.61. The van der Waals surface area contributed by atoms with E-state index in [1.165, 1.54) is 24.6 Å². The summed E-state index contributed by atoms with van der Waals surface area (Å²) in [7, 11) is -4.27. The maximum absolute atomic E-state index is 11.2. The zero-order chi connectivity index (χ0) is 13.2. The molecule has 7 heteroatoms. The maximum Gasteiger partial charge on any atom is 0.321 e. The summed E-state index contributed by atoms with van der Waals surface area (Å²) in [5.74, 6) is 0.307. The molecule has 0 aliphatic heterocycles. The second-order valence-corrected chi connectivity index (χ2v) is 4.89. The number of aromatic nitrogens is 1. The molecule has 6 nitrogen and oxygen atoms in total. The van der Waals surface area contributed by atoms with Gasteiger partial charge in [-0.25, -0.2) is 0 Å². The standard InChI is InChI=1S/C11H11NO5S/c1-2-9-10(16-17-8-4-7-12-17)5-3-6-11(9)18(13,14)15/h3-8H,2H2,1H3/p+1. The Balaban J connectivity index is 2.48. The third-order valence-electron chi connectivity index (χ3n) is 2.34. The Labute approximate surface area is 104 Å². The van der Waals surface area contributed by atoms with E-state index in [0.29, 0.717) is 17.7 Å². The molecule has 0 saturated heterocycles. The van der Waals surface area contributed by atoms with Crippen LogP contribution < -0.4 is 4.89 Å². The lowest BCUT2D eigenvalue weighted by atomic mass is 10.1. The molecule has 0 spiro atoms. The first kappa shape index (κ1) is 12.6. The molecule has 96 valence electrons. The van der Waals surface area contributed by atoms with Crippen LogP contribution in [-0.4, -0.2) is 18.1 Å². The molecule has 1 aromatic heterocycles. The van der Waals surface area contributed by atoms with Crippen LogP contribution in [0.1, 0.15) is 12.5 Å². The van der Waals surface area contributed by atoms with Crippen LogP contribution in [0.25, 0.3) is 0 Å². The Hall–Kier alpha value is -1.86. The van der Waals surface area contributed by atoms with E-state index < -0.39 is 10.1 Å². The van der Waals surface area contributed by atoms with Gasteiger partial charge in [-0.05, 0) is 18.6 Å². The van der Waals surface area contributed by atoms with E-state index in [-0.39, 0.29) is 4.90 Å². The van der Waals surface area contributed by atoms with Crippen LogP contribution in [0.2, 0.25) is 0 Å². The first-order chi connectivity index (χ1) is 8.52. The molecular weight excluding hydrogens is 258 g/mol. The number of hydrogen-bond acceptors (Lipinski definition) is 4. The van der Waals surface area contributed by atoms with Gasteiger partial charge >= 0.3 is 6.26 Å². The number of benzene rings is 1. The van der Waals surface area contributed by atoms with E-state index in [9.17, 15) is 8.42 Å². The van der Waals surface area contributed by atoms with Gasteiger partial charge in [0, 0.05) is 5.56 Å². The zero-order valence-corrected chi connectivity index (χ0v) is 10.4. The predicted octanol–water partition coefficient (Wildman–Crippen LogP) is 2.01. The molecule has 0 unspecified atom stereocenters. The summed E-state index contributed by atoms with van der Waals surface area (Å²) in [4.78, 5) is 5.17. The van der Waals surface area contributed by atoms with E-state index in [0.717, 1.165) is 0 Å². The quantitative estimate of drug-likeness (QED) is 0.522. The van der Waals surface area contributed by atoms with Crippen molar-refractivity contribution < 1.29 is 22.2 Å². The smallest absolute Gasteiger partial charge is 0.282 e. The molecule has 18 heavy (non-hydrogen) atoms. The lowest BCUT2D eigenvalue weighted by Gasteiger charge is -2.07. The van der Waals surface area contributed by atoms with Crippen molar-refractivity contribution >= 4 is 10.1 Å². The summed E-state index contributed by atoms with van der Waals surface area (Å²) in [5, 5.41) is 3.78. The molecular formula is C11H12NO5S+. The van der Waals surface area contributed by atoms with Crippen molar-refractivity contribution in [2.75, 3.05) is 0 Å². The molecule has 0 aliphatic carbocycles. The van der Waals surface area contributed by atoms with Crippen LogP contribution in [-0.2, 0) is 16.5 Å². The first-order valence-electron chi connectivity index (χ1n) is 5.24. The number of hydrogen-bond donors (Lipinski definition) is 1. The summed E-state index contributed by atoms with van der Waals surface area (Å²) < 4.78 is 33.6. The van der Waals surface area contributed by atoms with Crippen LogP contribution in [0.4, 0.5) is 0 Å². The molecule has 0 fully saturated rings. The van der Waals surface area contributed by atoms with E-state index in [2.05, 4.69) is 5.16 Å². The summed E-state index contributed by atoms with van der Waals surface area (Å²) in [6, 6.07) is 6.06. The van der Waals surface area contributed by atoms with Gasteiger partial charge in [-0.2, -0.15) is 12.7 Å². The molecule has 1 aromatic carbocycles. The number of rotatable bonds is 4. The van der Waals surface area contributed by atoms with Crippen molar-refractivity contribution in [2.24, 2.45) is 0 Å². The molecule has 0 bridgehead atoms. The molecule has 0 amide bonds. The fraction of sp³-hybridized carbons (Fsp3) is 0.182. The average Bonchev–Trinajstić information content (AvgIpc) is 2.80. The fourth-order valence-electron chi connectivity index (χ4n) is 1.59. The molecule has 2 aromatic rings. The van der Waals surface area contributed by atoms with Gasteiger partial charge in [-0.15, -0.1) is 4.89 Å². The highest BCUT2D eigenvalue weighted by molar-refractivity contribution is 7.85. The van der Waals surface area contributed by atoms with Gasteiger partial charge in [-0.1, -0.05) is 13.0 Å². The third-order valence-corrected chi connectivity index (χ3v) is 3.28. The fourth-order valence-corrected chi connectivity index (χ4v) is 2.39. The van der Waals surface area contributed by atoms with Crippen molar-refractivity contribution in [3.05, 3.63) is 42.3 Å². The lowest BCUT2D eigenvalue weighted by molar-refractivity contribution is -0.257. The van der Waals surface area contributed by atoms with Gasteiger partial charge in [0.05, 0.1) is 6.07 Å². The SMILES string of the molecule is CCc1c(O[o+]2cccn2)cccc1S(=O)(=O)O.